The molecule has 0 amide bonds. The summed E-state index contributed by atoms with van der Waals surface area (Å²) >= 11 is 1.68. The number of benzene rings is 4. The topological polar surface area (TPSA) is 93.7 Å². The molecule has 2 aliphatic carbocycles. The molecule has 2 fully saturated rings. The Balaban J connectivity index is 0.942. The largest absolute Gasteiger partial charge is 0.477 e. The molecule has 4 aromatic heterocycles. The molecule has 9 nitrogen and oxygen atoms in total. The third-order valence-electron chi connectivity index (χ3n) is 13.5. The number of aromatic nitrogens is 6. The minimum Gasteiger partial charge on any atom is -0.477 e. The van der Waals surface area contributed by atoms with Crippen molar-refractivity contribution >= 4 is 23.1 Å². The Labute approximate surface area is 362 Å². The number of nitrogens with one attached hydrogen (secondary N) is 2. The average molecular weight is 825 g/mol. The maximum Gasteiger partial charge on any atom is 0.235 e. The Morgan fingerprint density at radius 2 is 1.00 bits per heavy atom. The predicted molar refractivity (Wildman–Crippen MR) is 247 cm³/mol. The smallest absolute Gasteiger partial charge is 0.235 e. The van der Waals surface area contributed by atoms with E-state index >= 15 is 0 Å². The number of nitrogens with zero attached hydrogens (tertiary/aromatic N) is 6. The van der Waals surface area contributed by atoms with Crippen molar-refractivity contribution in [2.24, 2.45) is 0 Å². The summed E-state index contributed by atoms with van der Waals surface area (Å²) in [4.78, 5) is 10.5. The zero-order valence-electron chi connectivity index (χ0n) is 35.8. The van der Waals surface area contributed by atoms with Gasteiger partial charge >= 0.3 is 0 Å². The van der Waals surface area contributed by atoms with Gasteiger partial charge in [0.05, 0.1) is 29.1 Å². The van der Waals surface area contributed by atoms with Gasteiger partial charge in [-0.1, -0.05) is 109 Å². The summed E-state index contributed by atoms with van der Waals surface area (Å²) in [6, 6.07) is 39.1. The number of imidazole rings is 2. The molecule has 0 saturated heterocycles. The van der Waals surface area contributed by atoms with Crippen LogP contribution in [0.5, 0.6) is 5.88 Å². The molecule has 0 unspecified atom stereocenters. The number of aryl methyl sites for hydroxylation is 2. The summed E-state index contributed by atoms with van der Waals surface area (Å²) in [5.41, 5.74) is 24.5. The lowest BCUT2D eigenvalue weighted by molar-refractivity contribution is 0.0797. The Hall–Kier alpha value is -5.81. The molecule has 0 spiro atoms. The van der Waals surface area contributed by atoms with Gasteiger partial charge in [-0.2, -0.15) is 5.10 Å². The van der Waals surface area contributed by atoms with E-state index in [0.29, 0.717) is 12.5 Å². The molecule has 61 heavy (non-hydrogen) atoms. The molecule has 0 atom stereocenters. The highest BCUT2D eigenvalue weighted by Gasteiger charge is 2.44. The van der Waals surface area contributed by atoms with Crippen LogP contribution >= 0.6 is 11.8 Å². The molecule has 2 N–H and O–H groups in total. The molecule has 4 heterocycles. The molecular formula is C51H52N8OS. The minimum absolute atomic E-state index is 0.144. The lowest BCUT2D eigenvalue weighted by Gasteiger charge is -2.50. The summed E-state index contributed by atoms with van der Waals surface area (Å²) < 4.78 is 10.00. The van der Waals surface area contributed by atoms with E-state index in [1.165, 1.54) is 29.5 Å². The van der Waals surface area contributed by atoms with E-state index in [1.807, 2.05) is 22.0 Å². The summed E-state index contributed by atoms with van der Waals surface area (Å²) in [5.74, 6) is 0.645. The normalized spacial score (nSPS) is 15.5. The Morgan fingerprint density at radius 3 is 1.41 bits per heavy atom. The molecule has 0 aliphatic heterocycles. The van der Waals surface area contributed by atoms with Gasteiger partial charge < -0.3 is 4.74 Å². The second-order valence-corrected chi connectivity index (χ2v) is 17.6. The van der Waals surface area contributed by atoms with Crippen molar-refractivity contribution in [3.05, 3.63) is 143 Å². The maximum absolute atomic E-state index is 5.98. The van der Waals surface area contributed by atoms with E-state index in [1.54, 1.807) is 11.8 Å². The third-order valence-corrected chi connectivity index (χ3v) is 14.2. The second kappa shape index (κ2) is 15.6. The summed E-state index contributed by atoms with van der Waals surface area (Å²) in [7, 11) is 0. The first kappa shape index (κ1) is 39.3. The number of thioether (sulfide) groups is 1. The van der Waals surface area contributed by atoms with Crippen molar-refractivity contribution in [2.45, 2.75) is 89.2 Å². The summed E-state index contributed by atoms with van der Waals surface area (Å²) in [6.07, 6.45) is 8.75. The maximum atomic E-state index is 5.98. The fourth-order valence-electron chi connectivity index (χ4n) is 9.24. The fraction of sp³-hybridized carbons (Fsp3) is 0.294. The van der Waals surface area contributed by atoms with Crippen molar-refractivity contribution in [1.82, 2.24) is 40.0 Å². The quantitative estimate of drug-likeness (QED) is 0.0929. The number of rotatable bonds is 12. The van der Waals surface area contributed by atoms with E-state index in [2.05, 4.69) is 148 Å². The van der Waals surface area contributed by atoms with E-state index in [0.717, 1.165) is 104 Å². The van der Waals surface area contributed by atoms with Crippen molar-refractivity contribution in [2.75, 3.05) is 12.9 Å². The first-order valence-electron chi connectivity index (χ1n) is 21.6. The molecular weight excluding hydrogens is 773 g/mol. The zero-order valence-corrected chi connectivity index (χ0v) is 36.7. The van der Waals surface area contributed by atoms with Crippen molar-refractivity contribution in [1.29, 1.82) is 0 Å². The Bertz CT molecular complexity index is 2890. The highest BCUT2D eigenvalue weighted by Crippen LogP contribution is 2.46. The number of hydrogen-bond acceptors (Lipinski definition) is 8. The lowest BCUT2D eigenvalue weighted by Crippen LogP contribution is -2.62. The van der Waals surface area contributed by atoms with Gasteiger partial charge in [-0.25, -0.2) is 29.9 Å². The number of hydrazine groups is 1. The summed E-state index contributed by atoms with van der Waals surface area (Å²) in [5, 5.41) is 11.1. The van der Waals surface area contributed by atoms with Crippen molar-refractivity contribution in [3.63, 3.8) is 0 Å². The van der Waals surface area contributed by atoms with Crippen LogP contribution in [0.4, 0.5) is 0 Å². The zero-order chi connectivity index (χ0) is 41.9. The van der Waals surface area contributed by atoms with Gasteiger partial charge in [0.25, 0.3) is 0 Å². The minimum atomic E-state index is -0.149. The molecule has 308 valence electrons. The van der Waals surface area contributed by atoms with Crippen LogP contribution in [0.1, 0.15) is 78.8 Å². The number of fused-ring (bicyclic) bond motifs is 2. The van der Waals surface area contributed by atoms with Gasteiger partial charge in [-0.3, -0.25) is 0 Å². The molecule has 2 saturated carbocycles. The molecule has 10 rings (SSSR count). The second-order valence-electron chi connectivity index (χ2n) is 16.8. The molecule has 10 heteroatoms. The molecule has 8 aromatic rings. The predicted octanol–water partition coefficient (Wildman–Crippen LogP) is 11.3. The van der Waals surface area contributed by atoms with Crippen LogP contribution in [0.3, 0.4) is 0 Å². The monoisotopic (exact) mass is 824 g/mol. The van der Waals surface area contributed by atoms with Gasteiger partial charge in [0.2, 0.25) is 5.88 Å². The van der Waals surface area contributed by atoms with Crippen molar-refractivity contribution in [3.8, 4) is 50.9 Å². The van der Waals surface area contributed by atoms with Crippen LogP contribution < -0.4 is 15.6 Å². The Morgan fingerprint density at radius 1 is 0.557 bits per heavy atom. The van der Waals surface area contributed by atoms with Gasteiger partial charge in [0.1, 0.15) is 16.4 Å². The standard InChI is InChI=1S/C51H52N8OS/c1-7-60-48-34(4)32(2)46-52-42(44(58(46)54-48)38-16-10-8-11-17-38)36-20-24-40(25-21-36)50(28-14-29-50)56-57-51(30-15-31-51)41-26-22-37(23-27-41)43-45(39-18-12-9-13-19-39)59-47(53-43)33(3)35(5)49(55-59)61-6/h8-13,16-27,56-57H,7,14-15,28-31H2,1-6H3. The van der Waals surface area contributed by atoms with Crippen molar-refractivity contribution < 1.29 is 4.74 Å². The number of hydrogen-bond donors (Lipinski definition) is 2. The first-order valence-corrected chi connectivity index (χ1v) is 22.8. The SMILES string of the molecule is CCOc1nn2c(-c3ccccc3)c(-c3ccc(C4(NNC5(c6ccc(-c7nc8c(C)c(C)c(SC)nn8c7-c7ccccc7)cc6)CCC5)CCC4)cc3)nc2c(C)c1C. The van der Waals surface area contributed by atoms with Crippen LogP contribution in [0.15, 0.2) is 114 Å². The van der Waals surface area contributed by atoms with Crippen LogP contribution in [-0.2, 0) is 11.1 Å². The first-order chi connectivity index (χ1) is 29.7. The molecule has 0 radical (unpaired) electrons. The van der Waals surface area contributed by atoms with E-state index in [9.17, 15) is 0 Å². The van der Waals surface area contributed by atoms with E-state index in [4.69, 9.17) is 24.9 Å². The van der Waals surface area contributed by atoms with E-state index in [-0.39, 0.29) is 11.1 Å². The van der Waals surface area contributed by atoms with Crippen LogP contribution in [-0.4, -0.2) is 42.1 Å². The summed E-state index contributed by atoms with van der Waals surface area (Å²) in [6.45, 7) is 11.0. The highest BCUT2D eigenvalue weighted by atomic mass is 32.2. The van der Waals surface area contributed by atoms with Gasteiger partial charge in [-0.15, -0.1) is 16.9 Å². The Kier molecular flexibility index (Phi) is 10.0. The highest BCUT2D eigenvalue weighted by molar-refractivity contribution is 7.98. The van der Waals surface area contributed by atoms with Crippen LogP contribution in [0.2, 0.25) is 0 Å². The third kappa shape index (κ3) is 6.54. The molecule has 0 bridgehead atoms. The van der Waals surface area contributed by atoms with Gasteiger partial charge in [0.15, 0.2) is 11.3 Å². The van der Waals surface area contributed by atoms with Crippen LogP contribution in [0.25, 0.3) is 56.3 Å². The van der Waals surface area contributed by atoms with Gasteiger partial charge in [-0.05, 0) is 102 Å². The number of ether oxygens (including phenoxy) is 1. The lowest BCUT2D eigenvalue weighted by atomic mass is 9.70. The molecule has 2 aliphatic rings. The van der Waals surface area contributed by atoms with Crippen LogP contribution in [0, 0.1) is 27.7 Å². The molecule has 4 aromatic carbocycles. The van der Waals surface area contributed by atoms with Gasteiger partial charge in [0, 0.05) is 33.4 Å². The average Bonchev–Trinajstić information content (AvgIpc) is 3.85. The van der Waals surface area contributed by atoms with E-state index < -0.39 is 0 Å². The fourth-order valence-corrected chi connectivity index (χ4v) is 9.86.